The van der Waals surface area contributed by atoms with E-state index < -0.39 is 5.97 Å². The molecule has 0 bridgehead atoms. The van der Waals surface area contributed by atoms with Crippen molar-refractivity contribution in [3.05, 3.63) is 70.9 Å². The second kappa shape index (κ2) is 8.10. The van der Waals surface area contributed by atoms with Gasteiger partial charge in [0.05, 0.1) is 0 Å². The molecule has 0 atom stereocenters. The molecule has 0 radical (unpaired) electrons. The normalized spacial score (nSPS) is 10.7. The summed E-state index contributed by atoms with van der Waals surface area (Å²) in [6.45, 7) is 2.51. The first-order chi connectivity index (χ1) is 12.6. The fraction of sp³-hybridized carbons (Fsp3) is 0.200. The lowest BCUT2D eigenvalue weighted by Crippen LogP contribution is -2.34. The van der Waals surface area contributed by atoms with Gasteiger partial charge in [0.1, 0.15) is 10.7 Å². The smallest absolute Gasteiger partial charge is 0.348 e. The first-order valence-electron chi connectivity index (χ1n) is 8.25. The number of fused-ring (bicyclic) bond motifs is 1. The van der Waals surface area contributed by atoms with Gasteiger partial charge in [-0.3, -0.25) is 4.79 Å². The number of halogens is 1. The van der Waals surface area contributed by atoms with Gasteiger partial charge in [0.2, 0.25) is 0 Å². The van der Waals surface area contributed by atoms with Crippen LogP contribution >= 0.6 is 11.3 Å². The summed E-state index contributed by atoms with van der Waals surface area (Å²) in [5.74, 6) is -1.26. The van der Waals surface area contributed by atoms with Crippen molar-refractivity contribution in [3.63, 3.8) is 0 Å². The molecule has 1 heterocycles. The van der Waals surface area contributed by atoms with Gasteiger partial charge in [-0.2, -0.15) is 0 Å². The number of carbonyl (C=O) groups is 2. The van der Waals surface area contributed by atoms with Gasteiger partial charge < -0.3 is 9.64 Å². The predicted molar refractivity (Wildman–Crippen MR) is 99.6 cm³/mol. The van der Waals surface area contributed by atoms with E-state index in [0.717, 1.165) is 16.9 Å². The fourth-order valence-corrected chi connectivity index (χ4v) is 3.56. The summed E-state index contributed by atoms with van der Waals surface area (Å²) in [5.41, 5.74) is 1.01. The Bertz CT molecular complexity index is 923. The quantitative estimate of drug-likeness (QED) is 0.609. The standard InChI is InChI=1S/C20H18FNO3S/c1-2-22(12-14-7-4-3-5-8-14)19(23)13-25-20(24)18-11-15-16(21)9-6-10-17(15)26-18/h3-11H,2,12-13H2,1H3. The molecule has 0 aliphatic rings. The maximum atomic E-state index is 13.7. The molecule has 0 aliphatic heterocycles. The van der Waals surface area contributed by atoms with E-state index in [-0.39, 0.29) is 23.2 Å². The van der Waals surface area contributed by atoms with E-state index in [9.17, 15) is 14.0 Å². The average Bonchev–Trinajstić information content (AvgIpc) is 3.10. The molecular weight excluding hydrogens is 353 g/mol. The number of hydrogen-bond donors (Lipinski definition) is 0. The Hall–Kier alpha value is -2.73. The Kier molecular flexibility index (Phi) is 5.63. The Balaban J connectivity index is 1.62. The molecular formula is C20H18FNO3S. The third-order valence-corrected chi connectivity index (χ3v) is 5.07. The van der Waals surface area contributed by atoms with Crippen molar-refractivity contribution < 1.29 is 18.7 Å². The molecule has 1 aromatic heterocycles. The van der Waals surface area contributed by atoms with Crippen LogP contribution in [0.1, 0.15) is 22.2 Å². The number of hydrogen-bond acceptors (Lipinski definition) is 4. The van der Waals surface area contributed by atoms with E-state index in [2.05, 4.69) is 0 Å². The summed E-state index contributed by atoms with van der Waals surface area (Å²) >= 11 is 1.15. The van der Waals surface area contributed by atoms with E-state index in [1.165, 1.54) is 12.1 Å². The van der Waals surface area contributed by atoms with Crippen LogP contribution in [0, 0.1) is 5.82 Å². The molecule has 0 fully saturated rings. The Morgan fingerprint density at radius 3 is 2.58 bits per heavy atom. The van der Waals surface area contributed by atoms with Crippen LogP contribution in [0.15, 0.2) is 54.6 Å². The first kappa shape index (κ1) is 18.1. The number of nitrogens with zero attached hydrogens (tertiary/aromatic N) is 1. The summed E-state index contributed by atoms with van der Waals surface area (Å²) in [6.07, 6.45) is 0. The predicted octanol–water partition coefficient (Wildman–Crippen LogP) is 4.25. The summed E-state index contributed by atoms with van der Waals surface area (Å²) in [5, 5.41) is 0.384. The highest BCUT2D eigenvalue weighted by atomic mass is 32.1. The van der Waals surface area contributed by atoms with E-state index in [4.69, 9.17) is 4.74 Å². The van der Waals surface area contributed by atoms with Gasteiger partial charge in [0.15, 0.2) is 6.61 Å². The van der Waals surface area contributed by atoms with Gasteiger partial charge in [0, 0.05) is 23.2 Å². The van der Waals surface area contributed by atoms with Gasteiger partial charge in [0.25, 0.3) is 5.91 Å². The van der Waals surface area contributed by atoms with E-state index in [0.29, 0.717) is 23.2 Å². The SMILES string of the molecule is CCN(Cc1ccccc1)C(=O)COC(=O)c1cc2c(F)cccc2s1. The van der Waals surface area contributed by atoms with E-state index in [1.54, 1.807) is 17.0 Å². The van der Waals surface area contributed by atoms with Crippen molar-refractivity contribution in [3.8, 4) is 0 Å². The number of amides is 1. The molecule has 6 heteroatoms. The van der Waals surface area contributed by atoms with Crippen LogP contribution in [-0.4, -0.2) is 29.9 Å². The minimum atomic E-state index is -0.616. The number of thiophene rings is 1. The summed E-state index contributed by atoms with van der Waals surface area (Å²) < 4.78 is 19.5. The highest BCUT2D eigenvalue weighted by Crippen LogP contribution is 2.28. The average molecular weight is 371 g/mol. The van der Waals surface area contributed by atoms with E-state index >= 15 is 0 Å². The van der Waals surface area contributed by atoms with Crippen LogP contribution in [0.4, 0.5) is 4.39 Å². The summed E-state index contributed by atoms with van der Waals surface area (Å²) in [7, 11) is 0. The Labute approximate surface area is 154 Å². The van der Waals surface area contributed by atoms with Crippen molar-refractivity contribution >= 4 is 33.3 Å². The molecule has 0 spiro atoms. The highest BCUT2D eigenvalue weighted by Gasteiger charge is 2.18. The lowest BCUT2D eigenvalue weighted by atomic mass is 10.2. The van der Waals surface area contributed by atoms with Gasteiger partial charge in [-0.15, -0.1) is 11.3 Å². The molecule has 3 aromatic rings. The third-order valence-electron chi connectivity index (χ3n) is 3.99. The zero-order valence-corrected chi connectivity index (χ0v) is 15.1. The van der Waals surface area contributed by atoms with Gasteiger partial charge in [-0.1, -0.05) is 36.4 Å². The maximum absolute atomic E-state index is 13.7. The highest BCUT2D eigenvalue weighted by molar-refractivity contribution is 7.20. The zero-order valence-electron chi connectivity index (χ0n) is 14.3. The second-order valence-electron chi connectivity index (χ2n) is 5.73. The molecule has 1 amide bonds. The van der Waals surface area contributed by atoms with Crippen LogP contribution in [0.3, 0.4) is 0 Å². The summed E-state index contributed by atoms with van der Waals surface area (Å²) in [4.78, 5) is 26.4. The Morgan fingerprint density at radius 1 is 1.12 bits per heavy atom. The Morgan fingerprint density at radius 2 is 1.88 bits per heavy atom. The molecule has 0 saturated heterocycles. The molecule has 3 rings (SSSR count). The molecule has 0 unspecified atom stereocenters. The molecule has 26 heavy (non-hydrogen) atoms. The van der Waals surface area contributed by atoms with Gasteiger partial charge in [-0.25, -0.2) is 9.18 Å². The molecule has 2 aromatic carbocycles. The maximum Gasteiger partial charge on any atom is 0.348 e. The molecule has 0 aliphatic carbocycles. The van der Waals surface area contributed by atoms with Gasteiger partial charge >= 0.3 is 5.97 Å². The monoisotopic (exact) mass is 371 g/mol. The van der Waals surface area contributed by atoms with Crippen molar-refractivity contribution in [1.82, 2.24) is 4.90 Å². The fourth-order valence-electron chi connectivity index (χ4n) is 2.60. The van der Waals surface area contributed by atoms with E-state index in [1.807, 2.05) is 37.3 Å². The first-order valence-corrected chi connectivity index (χ1v) is 9.07. The summed E-state index contributed by atoms with van der Waals surface area (Å²) in [6, 6.07) is 15.8. The number of esters is 1. The second-order valence-corrected chi connectivity index (χ2v) is 6.82. The minimum absolute atomic E-state index is 0.267. The van der Waals surface area contributed by atoms with Crippen LogP contribution in [0.5, 0.6) is 0 Å². The topological polar surface area (TPSA) is 46.6 Å². The van der Waals surface area contributed by atoms with Gasteiger partial charge in [-0.05, 0) is 30.7 Å². The molecule has 4 nitrogen and oxygen atoms in total. The lowest BCUT2D eigenvalue weighted by Gasteiger charge is -2.20. The zero-order chi connectivity index (χ0) is 18.5. The minimum Gasteiger partial charge on any atom is -0.451 e. The number of benzene rings is 2. The van der Waals surface area contributed by atoms with Crippen molar-refractivity contribution in [2.24, 2.45) is 0 Å². The van der Waals surface area contributed by atoms with Crippen LogP contribution in [0.25, 0.3) is 10.1 Å². The van der Waals surface area contributed by atoms with Crippen molar-refractivity contribution in [2.75, 3.05) is 13.2 Å². The van der Waals surface area contributed by atoms with Crippen LogP contribution in [0.2, 0.25) is 0 Å². The number of carbonyl (C=O) groups excluding carboxylic acids is 2. The molecule has 0 saturated carbocycles. The van der Waals surface area contributed by atoms with Crippen molar-refractivity contribution in [2.45, 2.75) is 13.5 Å². The van der Waals surface area contributed by atoms with Crippen molar-refractivity contribution in [1.29, 1.82) is 0 Å². The number of ether oxygens (including phenoxy) is 1. The molecule has 134 valence electrons. The molecule has 0 N–H and O–H groups in total. The lowest BCUT2D eigenvalue weighted by molar-refractivity contribution is -0.134. The largest absolute Gasteiger partial charge is 0.451 e. The van der Waals surface area contributed by atoms with Crippen LogP contribution in [-0.2, 0) is 16.1 Å². The number of likely N-dealkylation sites (N-methyl/N-ethyl adjacent to an activating group) is 1. The van der Waals surface area contributed by atoms with Crippen LogP contribution < -0.4 is 0 Å². The number of rotatable bonds is 6. The third kappa shape index (κ3) is 4.08.